The van der Waals surface area contributed by atoms with Crippen molar-refractivity contribution in [3.05, 3.63) is 65.9 Å². The highest BCUT2D eigenvalue weighted by Crippen LogP contribution is 2.28. The van der Waals surface area contributed by atoms with Crippen LogP contribution in [0.25, 0.3) is 10.9 Å². The third kappa shape index (κ3) is 5.46. The van der Waals surface area contributed by atoms with Crippen molar-refractivity contribution in [2.75, 3.05) is 26.2 Å². The van der Waals surface area contributed by atoms with Gasteiger partial charge in [0.15, 0.2) is 0 Å². The van der Waals surface area contributed by atoms with E-state index >= 15 is 0 Å². The second-order valence-electron chi connectivity index (χ2n) is 8.73. The van der Waals surface area contributed by atoms with Gasteiger partial charge in [-0.05, 0) is 86.9 Å². The number of H-pyrrole nitrogens is 1. The number of aryl methyl sites for hydroxylation is 1. The zero-order valence-electron chi connectivity index (χ0n) is 18.4. The van der Waals surface area contributed by atoms with Crippen LogP contribution < -0.4 is 4.74 Å². The van der Waals surface area contributed by atoms with Gasteiger partial charge in [-0.25, -0.2) is 0 Å². The average Bonchev–Trinajstić information content (AvgIpc) is 3.21. The first-order valence-corrected chi connectivity index (χ1v) is 11.8. The number of unbranched alkanes of at least 4 members (excludes halogenated alkanes) is 2. The molecule has 160 valence electrons. The Hall–Kier alpha value is -2.26. The molecule has 1 aromatic heterocycles. The summed E-state index contributed by atoms with van der Waals surface area (Å²) in [5.74, 6) is 1.68. The van der Waals surface area contributed by atoms with E-state index in [-0.39, 0.29) is 0 Å². The van der Waals surface area contributed by atoms with Crippen molar-refractivity contribution in [1.29, 1.82) is 0 Å². The van der Waals surface area contributed by atoms with E-state index in [9.17, 15) is 0 Å². The molecule has 1 aliphatic rings. The molecule has 1 N–H and O–H groups in total. The smallest absolute Gasteiger partial charge is 0.119 e. The van der Waals surface area contributed by atoms with Crippen molar-refractivity contribution in [3.8, 4) is 5.75 Å². The SMILES string of the molecule is CCCCOc1ccc(C2CCCN(CCCCc3c[nH]c4ccccc34)C2)cc1. The van der Waals surface area contributed by atoms with E-state index in [1.165, 1.54) is 80.2 Å². The Bertz CT molecular complexity index is 899. The van der Waals surface area contributed by atoms with Gasteiger partial charge in [0.05, 0.1) is 6.61 Å². The zero-order valence-corrected chi connectivity index (χ0v) is 18.4. The van der Waals surface area contributed by atoms with E-state index < -0.39 is 0 Å². The summed E-state index contributed by atoms with van der Waals surface area (Å²) >= 11 is 0. The monoisotopic (exact) mass is 404 g/mol. The van der Waals surface area contributed by atoms with Gasteiger partial charge in [0.25, 0.3) is 0 Å². The number of rotatable bonds is 10. The molecule has 1 unspecified atom stereocenters. The maximum Gasteiger partial charge on any atom is 0.119 e. The minimum absolute atomic E-state index is 0.664. The quantitative estimate of drug-likeness (QED) is 0.388. The molecule has 3 heteroatoms. The van der Waals surface area contributed by atoms with Crippen LogP contribution in [0.2, 0.25) is 0 Å². The van der Waals surface area contributed by atoms with Crippen molar-refractivity contribution in [2.24, 2.45) is 0 Å². The molecule has 30 heavy (non-hydrogen) atoms. The Morgan fingerprint density at radius 1 is 1.03 bits per heavy atom. The number of para-hydroxylation sites is 1. The van der Waals surface area contributed by atoms with Crippen LogP contribution in [0.15, 0.2) is 54.7 Å². The normalized spacial score (nSPS) is 17.4. The summed E-state index contributed by atoms with van der Waals surface area (Å²) in [6.07, 6.45) is 10.8. The zero-order chi connectivity index (χ0) is 20.6. The molecule has 1 atom stereocenters. The van der Waals surface area contributed by atoms with Gasteiger partial charge in [-0.1, -0.05) is 43.7 Å². The summed E-state index contributed by atoms with van der Waals surface area (Å²) in [6, 6.07) is 17.5. The maximum atomic E-state index is 5.82. The Morgan fingerprint density at radius 2 is 1.90 bits per heavy atom. The van der Waals surface area contributed by atoms with Gasteiger partial charge < -0.3 is 14.6 Å². The molecule has 2 heterocycles. The predicted molar refractivity (Wildman–Crippen MR) is 126 cm³/mol. The lowest BCUT2D eigenvalue weighted by molar-refractivity contribution is 0.204. The van der Waals surface area contributed by atoms with E-state index in [1.807, 2.05) is 0 Å². The van der Waals surface area contributed by atoms with Crippen molar-refractivity contribution < 1.29 is 4.74 Å². The predicted octanol–water partition coefficient (Wildman–Crippen LogP) is 6.55. The van der Waals surface area contributed by atoms with Gasteiger partial charge in [0.2, 0.25) is 0 Å². The van der Waals surface area contributed by atoms with E-state index in [0.29, 0.717) is 5.92 Å². The molecule has 3 aromatic rings. The van der Waals surface area contributed by atoms with Gasteiger partial charge in [-0.2, -0.15) is 0 Å². The molecule has 1 aliphatic heterocycles. The lowest BCUT2D eigenvalue weighted by Crippen LogP contribution is -2.35. The second kappa shape index (κ2) is 10.7. The van der Waals surface area contributed by atoms with Crippen molar-refractivity contribution >= 4 is 10.9 Å². The number of aromatic nitrogens is 1. The van der Waals surface area contributed by atoms with Gasteiger partial charge >= 0.3 is 0 Å². The molecule has 0 amide bonds. The van der Waals surface area contributed by atoms with Gasteiger partial charge in [-0.15, -0.1) is 0 Å². The fourth-order valence-electron chi connectivity index (χ4n) is 4.69. The van der Waals surface area contributed by atoms with E-state index in [4.69, 9.17) is 4.74 Å². The highest BCUT2D eigenvalue weighted by Gasteiger charge is 2.21. The van der Waals surface area contributed by atoms with E-state index in [2.05, 4.69) is 71.5 Å². The third-order valence-corrected chi connectivity index (χ3v) is 6.47. The first-order valence-electron chi connectivity index (χ1n) is 11.8. The fourth-order valence-corrected chi connectivity index (χ4v) is 4.69. The summed E-state index contributed by atoms with van der Waals surface area (Å²) < 4.78 is 5.82. The van der Waals surface area contributed by atoms with Gasteiger partial charge in [-0.3, -0.25) is 0 Å². The summed E-state index contributed by atoms with van der Waals surface area (Å²) in [4.78, 5) is 6.08. The van der Waals surface area contributed by atoms with Crippen LogP contribution >= 0.6 is 0 Å². The average molecular weight is 405 g/mol. The van der Waals surface area contributed by atoms with Crippen LogP contribution in [0.4, 0.5) is 0 Å². The van der Waals surface area contributed by atoms with E-state index in [1.54, 1.807) is 0 Å². The topological polar surface area (TPSA) is 28.3 Å². The molecule has 0 saturated carbocycles. The summed E-state index contributed by atoms with van der Waals surface area (Å²) in [6.45, 7) is 6.69. The summed E-state index contributed by atoms with van der Waals surface area (Å²) in [5, 5.41) is 1.39. The number of nitrogens with zero attached hydrogens (tertiary/aromatic N) is 1. The van der Waals surface area contributed by atoms with Crippen LogP contribution in [0.3, 0.4) is 0 Å². The standard InChI is InChI=1S/C27H36N2O/c1-2-3-19-30-25-15-13-22(14-16-25)24-10-8-18-29(21-24)17-7-6-9-23-20-28-27-12-5-4-11-26(23)27/h4-5,11-16,20,24,28H,2-3,6-10,17-19,21H2,1H3. The summed E-state index contributed by atoms with van der Waals surface area (Å²) in [7, 11) is 0. The van der Waals surface area contributed by atoms with Gasteiger partial charge in [0, 0.05) is 23.6 Å². The number of ether oxygens (including phenoxy) is 1. The minimum atomic E-state index is 0.664. The molecular weight excluding hydrogens is 368 g/mol. The second-order valence-corrected chi connectivity index (χ2v) is 8.73. The van der Waals surface area contributed by atoms with Crippen molar-refractivity contribution in [2.45, 2.75) is 57.8 Å². The number of hydrogen-bond acceptors (Lipinski definition) is 2. The number of hydrogen-bond donors (Lipinski definition) is 1. The molecule has 2 aromatic carbocycles. The molecule has 0 aliphatic carbocycles. The lowest BCUT2D eigenvalue weighted by atomic mass is 9.90. The number of likely N-dealkylation sites (tertiary alicyclic amines) is 1. The highest BCUT2D eigenvalue weighted by molar-refractivity contribution is 5.82. The van der Waals surface area contributed by atoms with E-state index in [0.717, 1.165) is 18.8 Å². The Balaban J connectivity index is 1.22. The number of nitrogens with one attached hydrogen (secondary N) is 1. The molecule has 1 fully saturated rings. The third-order valence-electron chi connectivity index (χ3n) is 6.47. The maximum absolute atomic E-state index is 5.82. The Morgan fingerprint density at radius 3 is 2.77 bits per heavy atom. The molecular formula is C27H36N2O. The molecule has 3 nitrogen and oxygen atoms in total. The molecule has 4 rings (SSSR count). The molecule has 0 spiro atoms. The molecule has 0 radical (unpaired) electrons. The fraction of sp³-hybridized carbons (Fsp3) is 0.481. The number of piperidine rings is 1. The number of benzene rings is 2. The van der Waals surface area contributed by atoms with Crippen LogP contribution in [0.5, 0.6) is 5.75 Å². The van der Waals surface area contributed by atoms with Crippen molar-refractivity contribution in [3.63, 3.8) is 0 Å². The van der Waals surface area contributed by atoms with Crippen LogP contribution in [-0.2, 0) is 6.42 Å². The minimum Gasteiger partial charge on any atom is -0.494 e. The number of aromatic amines is 1. The Labute approximate surface area is 181 Å². The molecule has 0 bridgehead atoms. The Kier molecular flexibility index (Phi) is 7.47. The largest absolute Gasteiger partial charge is 0.494 e. The van der Waals surface area contributed by atoms with Crippen LogP contribution in [0.1, 0.15) is 62.5 Å². The highest BCUT2D eigenvalue weighted by atomic mass is 16.5. The van der Waals surface area contributed by atoms with Crippen molar-refractivity contribution in [1.82, 2.24) is 9.88 Å². The molecule has 1 saturated heterocycles. The van der Waals surface area contributed by atoms with Crippen LogP contribution in [0, 0.1) is 0 Å². The number of fused-ring (bicyclic) bond motifs is 1. The van der Waals surface area contributed by atoms with Gasteiger partial charge in [0.1, 0.15) is 5.75 Å². The lowest BCUT2D eigenvalue weighted by Gasteiger charge is -2.33. The van der Waals surface area contributed by atoms with Crippen LogP contribution in [-0.4, -0.2) is 36.1 Å². The first kappa shape index (κ1) is 21.0. The summed E-state index contributed by atoms with van der Waals surface area (Å²) in [5.41, 5.74) is 4.19. The first-order chi connectivity index (χ1) is 14.8.